The molecule has 0 bridgehead atoms. The fraction of sp³-hybridized carbons (Fsp3) is 0.400. The molecule has 1 N–H and O–H groups in total. The maximum atomic E-state index is 12.8. The summed E-state index contributed by atoms with van der Waals surface area (Å²) in [6.07, 6.45) is 0. The Morgan fingerprint density at radius 3 is 2.56 bits per heavy atom. The molecule has 0 radical (unpaired) electrons. The maximum absolute atomic E-state index is 12.8. The third-order valence-electron chi connectivity index (χ3n) is 2.08. The highest BCUT2D eigenvalue weighted by atomic mass is 35.5. The number of benzene rings is 1. The highest BCUT2D eigenvalue weighted by molar-refractivity contribution is 7.90. The molecule has 0 fully saturated rings. The lowest BCUT2D eigenvalue weighted by molar-refractivity contribution is 0.572. The van der Waals surface area contributed by atoms with Crippen LogP contribution in [0.4, 0.5) is 4.39 Å². The quantitative estimate of drug-likeness (QED) is 0.908. The summed E-state index contributed by atoms with van der Waals surface area (Å²) in [7, 11) is -3.31. The van der Waals surface area contributed by atoms with E-state index in [1.807, 2.05) is 0 Å². The van der Waals surface area contributed by atoms with E-state index in [1.54, 1.807) is 13.8 Å². The van der Waals surface area contributed by atoms with Crippen molar-refractivity contribution in [1.82, 2.24) is 4.72 Å². The van der Waals surface area contributed by atoms with Gasteiger partial charge >= 0.3 is 0 Å². The third-order valence-corrected chi connectivity index (χ3v) is 4.16. The van der Waals surface area contributed by atoms with Crippen molar-refractivity contribution in [2.24, 2.45) is 0 Å². The van der Waals surface area contributed by atoms with Gasteiger partial charge in [-0.25, -0.2) is 17.5 Å². The first-order valence-corrected chi connectivity index (χ1v) is 6.68. The van der Waals surface area contributed by atoms with E-state index in [-0.39, 0.29) is 11.6 Å². The molecule has 16 heavy (non-hydrogen) atoms. The molecule has 0 saturated heterocycles. The lowest BCUT2D eigenvalue weighted by atomic mass is 10.2. The van der Waals surface area contributed by atoms with Crippen LogP contribution >= 0.6 is 11.6 Å². The minimum absolute atomic E-state index is 0.0127. The Morgan fingerprint density at radius 1 is 1.44 bits per heavy atom. The topological polar surface area (TPSA) is 46.2 Å². The summed E-state index contributed by atoms with van der Waals surface area (Å²) in [4.78, 5) is 0. The number of sulfonamides is 1. The summed E-state index contributed by atoms with van der Waals surface area (Å²) in [5, 5.41) is -0.510. The van der Waals surface area contributed by atoms with Gasteiger partial charge in [0, 0.05) is 6.54 Å². The first kappa shape index (κ1) is 13.4. The van der Waals surface area contributed by atoms with Gasteiger partial charge in [-0.15, -0.1) is 0 Å². The molecule has 1 rings (SSSR count). The second kappa shape index (κ2) is 5.12. The maximum Gasteiger partial charge on any atom is 0.214 e. The predicted octanol–water partition coefficient (Wildman–Crippen LogP) is 2.31. The molecular formula is C10H13ClFNO2S. The number of halogens is 2. The molecule has 0 heterocycles. The zero-order valence-corrected chi connectivity index (χ0v) is 10.6. The van der Waals surface area contributed by atoms with E-state index in [0.717, 1.165) is 0 Å². The molecule has 0 aliphatic carbocycles. The molecule has 90 valence electrons. The Bertz CT molecular complexity index is 474. The van der Waals surface area contributed by atoms with Crippen molar-refractivity contribution in [3.8, 4) is 0 Å². The second-order valence-electron chi connectivity index (χ2n) is 3.66. The van der Waals surface area contributed by atoms with Crippen molar-refractivity contribution in [2.45, 2.75) is 25.6 Å². The summed E-state index contributed by atoms with van der Waals surface area (Å²) in [6, 6.07) is 4.10. The Kier molecular flexibility index (Phi) is 4.29. The van der Waals surface area contributed by atoms with Crippen LogP contribution in [-0.4, -0.2) is 13.7 Å². The molecule has 0 aliphatic heterocycles. The van der Waals surface area contributed by atoms with Gasteiger partial charge in [-0.1, -0.05) is 17.7 Å². The van der Waals surface area contributed by atoms with E-state index in [2.05, 4.69) is 4.72 Å². The highest BCUT2D eigenvalue weighted by Crippen LogP contribution is 2.16. The summed E-state index contributed by atoms with van der Waals surface area (Å²) < 4.78 is 38.1. The van der Waals surface area contributed by atoms with Crippen molar-refractivity contribution < 1.29 is 12.8 Å². The Hall–Kier alpha value is -0.650. The molecular weight excluding hydrogens is 253 g/mol. The standard InChI is InChI=1S/C10H13ClFNO2S/c1-7(2)16(14,15)13-6-8-3-4-10(12)9(11)5-8/h3-5,7,13H,6H2,1-2H3. The zero-order valence-electron chi connectivity index (χ0n) is 9.00. The van der Waals surface area contributed by atoms with Gasteiger partial charge < -0.3 is 0 Å². The van der Waals surface area contributed by atoms with Gasteiger partial charge in [-0.05, 0) is 31.5 Å². The Morgan fingerprint density at radius 2 is 2.06 bits per heavy atom. The molecule has 0 amide bonds. The molecule has 0 spiro atoms. The van der Waals surface area contributed by atoms with E-state index in [4.69, 9.17) is 11.6 Å². The van der Waals surface area contributed by atoms with E-state index in [9.17, 15) is 12.8 Å². The molecule has 1 aromatic carbocycles. The summed E-state index contributed by atoms with van der Waals surface area (Å²) in [5.41, 5.74) is 0.621. The molecule has 0 unspecified atom stereocenters. The molecule has 1 aromatic rings. The van der Waals surface area contributed by atoms with Crippen LogP contribution in [0.25, 0.3) is 0 Å². The molecule has 6 heteroatoms. The van der Waals surface area contributed by atoms with Crippen LogP contribution in [0.3, 0.4) is 0 Å². The zero-order chi connectivity index (χ0) is 12.3. The van der Waals surface area contributed by atoms with Gasteiger partial charge in [-0.3, -0.25) is 0 Å². The molecule has 0 atom stereocenters. The van der Waals surface area contributed by atoms with E-state index >= 15 is 0 Å². The van der Waals surface area contributed by atoms with Crippen molar-refractivity contribution in [1.29, 1.82) is 0 Å². The molecule has 3 nitrogen and oxygen atoms in total. The van der Waals surface area contributed by atoms with Gasteiger partial charge in [0.2, 0.25) is 10.0 Å². The van der Waals surface area contributed by atoms with E-state index in [1.165, 1.54) is 18.2 Å². The van der Waals surface area contributed by atoms with Crippen LogP contribution in [-0.2, 0) is 16.6 Å². The minimum Gasteiger partial charge on any atom is -0.212 e. The molecule has 0 aliphatic rings. The minimum atomic E-state index is -3.31. The summed E-state index contributed by atoms with van der Waals surface area (Å²) >= 11 is 5.57. The average Bonchev–Trinajstić information content (AvgIpc) is 2.20. The second-order valence-corrected chi connectivity index (χ2v) is 6.39. The third kappa shape index (κ3) is 3.43. The van der Waals surface area contributed by atoms with Crippen molar-refractivity contribution in [2.75, 3.05) is 0 Å². The number of hydrogen-bond donors (Lipinski definition) is 1. The highest BCUT2D eigenvalue weighted by Gasteiger charge is 2.14. The van der Waals surface area contributed by atoms with Gasteiger partial charge in [0.05, 0.1) is 10.3 Å². The fourth-order valence-electron chi connectivity index (χ4n) is 1.00. The van der Waals surface area contributed by atoms with Gasteiger partial charge in [0.15, 0.2) is 0 Å². The smallest absolute Gasteiger partial charge is 0.212 e. The van der Waals surface area contributed by atoms with Gasteiger partial charge in [-0.2, -0.15) is 0 Å². The van der Waals surface area contributed by atoms with Crippen LogP contribution in [0.2, 0.25) is 5.02 Å². The SMILES string of the molecule is CC(C)S(=O)(=O)NCc1ccc(F)c(Cl)c1. The first-order valence-electron chi connectivity index (χ1n) is 4.75. The number of rotatable bonds is 4. The van der Waals surface area contributed by atoms with E-state index in [0.29, 0.717) is 5.56 Å². The average molecular weight is 266 g/mol. The summed E-state index contributed by atoms with van der Waals surface area (Å²) in [5.74, 6) is -0.517. The Labute approximate surface area is 99.7 Å². The molecule has 0 aromatic heterocycles. The molecule has 0 saturated carbocycles. The van der Waals surface area contributed by atoms with Crippen molar-refractivity contribution in [3.63, 3.8) is 0 Å². The van der Waals surface area contributed by atoms with E-state index < -0.39 is 21.1 Å². The summed E-state index contributed by atoms with van der Waals surface area (Å²) in [6.45, 7) is 3.28. The normalized spacial score (nSPS) is 12.1. The monoisotopic (exact) mass is 265 g/mol. The Balaban J connectivity index is 2.73. The number of hydrogen-bond acceptors (Lipinski definition) is 2. The van der Waals surface area contributed by atoms with Gasteiger partial charge in [0.1, 0.15) is 5.82 Å². The van der Waals surface area contributed by atoms with Crippen LogP contribution in [0.15, 0.2) is 18.2 Å². The van der Waals surface area contributed by atoms with Crippen LogP contribution < -0.4 is 4.72 Å². The van der Waals surface area contributed by atoms with Gasteiger partial charge in [0.25, 0.3) is 0 Å². The predicted molar refractivity (Wildman–Crippen MR) is 62.3 cm³/mol. The lowest BCUT2D eigenvalue weighted by Gasteiger charge is -2.09. The van der Waals surface area contributed by atoms with Crippen molar-refractivity contribution in [3.05, 3.63) is 34.6 Å². The van der Waals surface area contributed by atoms with Crippen LogP contribution in [0, 0.1) is 5.82 Å². The lowest BCUT2D eigenvalue weighted by Crippen LogP contribution is -2.30. The fourth-order valence-corrected chi connectivity index (χ4v) is 1.90. The first-order chi connectivity index (χ1) is 7.33. The van der Waals surface area contributed by atoms with Crippen LogP contribution in [0.5, 0.6) is 0 Å². The van der Waals surface area contributed by atoms with Crippen molar-refractivity contribution >= 4 is 21.6 Å². The largest absolute Gasteiger partial charge is 0.214 e. The van der Waals surface area contributed by atoms with Crippen LogP contribution in [0.1, 0.15) is 19.4 Å². The number of nitrogens with one attached hydrogen (secondary N) is 1.